The molecule has 2 rings (SSSR count). The van der Waals surface area contributed by atoms with Gasteiger partial charge in [-0.3, -0.25) is 4.79 Å². The van der Waals surface area contributed by atoms with Crippen molar-refractivity contribution in [3.8, 4) is 0 Å². The molecular formula is C30H52O4. The molecule has 0 aromatic carbocycles. The van der Waals surface area contributed by atoms with Gasteiger partial charge in [-0.2, -0.15) is 0 Å². The Morgan fingerprint density at radius 2 is 1.26 bits per heavy atom. The van der Waals surface area contributed by atoms with Crippen LogP contribution in [0.2, 0.25) is 0 Å². The lowest BCUT2D eigenvalue weighted by molar-refractivity contribution is -0.239. The summed E-state index contributed by atoms with van der Waals surface area (Å²) < 4.78 is 18.1. The third-order valence-corrected chi connectivity index (χ3v) is 7.45. The molecule has 196 valence electrons. The highest BCUT2D eigenvalue weighted by Crippen LogP contribution is 2.49. The lowest BCUT2D eigenvalue weighted by Crippen LogP contribution is -2.59. The highest BCUT2D eigenvalue weighted by Gasteiger charge is 2.59. The van der Waals surface area contributed by atoms with Crippen LogP contribution in [0.4, 0.5) is 0 Å². The molecule has 0 saturated carbocycles. The standard InChI is InChI=1S/C30H52O4/c1-4-7-10-13-14-15-16-17-20-23-30(32-24-25-33-30)26-27-29(28(31)34-27,21-18-11-8-5-2)22-19-12-9-6-3/h11-12,18-19,27H,4-10,13-17,20-26H2,1-3H3/t27-,29?/m0/s1. The number of cyclic esters (lactones) is 1. The Balaban J connectivity index is 1.90. The Kier molecular flexibility index (Phi) is 14.1. The van der Waals surface area contributed by atoms with Gasteiger partial charge in [-0.15, -0.1) is 0 Å². The van der Waals surface area contributed by atoms with E-state index in [0.29, 0.717) is 19.6 Å². The van der Waals surface area contributed by atoms with E-state index < -0.39 is 11.2 Å². The van der Waals surface area contributed by atoms with Crippen molar-refractivity contribution >= 4 is 5.97 Å². The maximum absolute atomic E-state index is 12.8. The molecule has 0 amide bonds. The van der Waals surface area contributed by atoms with Gasteiger partial charge >= 0.3 is 5.97 Å². The van der Waals surface area contributed by atoms with Gasteiger partial charge in [-0.25, -0.2) is 0 Å². The van der Waals surface area contributed by atoms with Gasteiger partial charge in [0.05, 0.1) is 13.2 Å². The number of hydrogen-bond donors (Lipinski definition) is 0. The highest BCUT2D eigenvalue weighted by molar-refractivity contribution is 5.83. The molecule has 2 saturated heterocycles. The van der Waals surface area contributed by atoms with Crippen LogP contribution in [0, 0.1) is 5.41 Å². The fraction of sp³-hybridized carbons (Fsp3) is 0.833. The molecule has 2 aliphatic heterocycles. The summed E-state index contributed by atoms with van der Waals surface area (Å²) in [5.74, 6) is -0.645. The molecule has 2 heterocycles. The van der Waals surface area contributed by atoms with Crippen LogP contribution in [0.25, 0.3) is 0 Å². The van der Waals surface area contributed by atoms with Crippen molar-refractivity contribution in [1.29, 1.82) is 0 Å². The Morgan fingerprint density at radius 3 is 1.76 bits per heavy atom. The second kappa shape index (κ2) is 16.5. The first-order valence-electron chi connectivity index (χ1n) is 14.4. The summed E-state index contributed by atoms with van der Waals surface area (Å²) >= 11 is 0. The van der Waals surface area contributed by atoms with Gasteiger partial charge in [0.2, 0.25) is 0 Å². The van der Waals surface area contributed by atoms with Crippen molar-refractivity contribution in [3.63, 3.8) is 0 Å². The molecule has 0 unspecified atom stereocenters. The molecule has 2 fully saturated rings. The lowest BCUT2D eigenvalue weighted by atomic mass is 9.69. The summed E-state index contributed by atoms with van der Waals surface area (Å²) in [4.78, 5) is 12.8. The fourth-order valence-electron chi connectivity index (χ4n) is 5.19. The maximum atomic E-state index is 12.8. The van der Waals surface area contributed by atoms with E-state index >= 15 is 0 Å². The summed E-state index contributed by atoms with van der Waals surface area (Å²) in [6, 6.07) is 0. The minimum Gasteiger partial charge on any atom is -0.460 e. The summed E-state index contributed by atoms with van der Waals surface area (Å²) in [6.07, 6.45) is 27.7. The van der Waals surface area contributed by atoms with Gasteiger partial charge in [0, 0.05) is 12.8 Å². The quantitative estimate of drug-likeness (QED) is 0.100. The maximum Gasteiger partial charge on any atom is 0.316 e. The zero-order valence-corrected chi connectivity index (χ0v) is 22.5. The van der Waals surface area contributed by atoms with Crippen molar-refractivity contribution in [2.45, 2.75) is 142 Å². The van der Waals surface area contributed by atoms with E-state index in [4.69, 9.17) is 14.2 Å². The second-order valence-electron chi connectivity index (χ2n) is 10.4. The summed E-state index contributed by atoms with van der Waals surface area (Å²) in [5, 5.41) is 0. The number of hydrogen-bond acceptors (Lipinski definition) is 4. The van der Waals surface area contributed by atoms with E-state index in [1.807, 2.05) is 0 Å². The van der Waals surface area contributed by atoms with Gasteiger partial charge < -0.3 is 14.2 Å². The number of rotatable bonds is 20. The van der Waals surface area contributed by atoms with Crippen LogP contribution in [-0.4, -0.2) is 31.1 Å². The van der Waals surface area contributed by atoms with Crippen molar-refractivity contribution in [2.24, 2.45) is 5.41 Å². The van der Waals surface area contributed by atoms with Crippen LogP contribution < -0.4 is 0 Å². The van der Waals surface area contributed by atoms with Crippen LogP contribution in [0.1, 0.15) is 130 Å². The van der Waals surface area contributed by atoms with Gasteiger partial charge in [0.15, 0.2) is 5.79 Å². The molecule has 2 aliphatic rings. The number of allylic oxidation sites excluding steroid dienone is 4. The van der Waals surface area contributed by atoms with Crippen LogP contribution in [0.5, 0.6) is 0 Å². The zero-order valence-electron chi connectivity index (χ0n) is 22.5. The van der Waals surface area contributed by atoms with Crippen LogP contribution in [0.15, 0.2) is 24.3 Å². The van der Waals surface area contributed by atoms with E-state index in [0.717, 1.165) is 51.4 Å². The van der Waals surface area contributed by atoms with Crippen molar-refractivity contribution < 1.29 is 19.0 Å². The average molecular weight is 477 g/mol. The lowest BCUT2D eigenvalue weighted by Gasteiger charge is -2.48. The number of carbonyl (C=O) groups excluding carboxylic acids is 1. The van der Waals surface area contributed by atoms with E-state index in [9.17, 15) is 4.79 Å². The predicted octanol–water partition coefficient (Wildman–Crippen LogP) is 8.45. The molecule has 0 aromatic heterocycles. The summed E-state index contributed by atoms with van der Waals surface area (Å²) in [5.41, 5.74) is -0.477. The Bertz CT molecular complexity index is 585. The normalized spacial score (nSPS) is 24.2. The molecule has 0 bridgehead atoms. The van der Waals surface area contributed by atoms with Gasteiger partial charge in [-0.1, -0.05) is 109 Å². The minimum absolute atomic E-state index is 0.0592. The number of unbranched alkanes of at least 4 members (excludes halogenated alkanes) is 10. The predicted molar refractivity (Wildman–Crippen MR) is 141 cm³/mol. The molecule has 0 aromatic rings. The molecule has 0 aliphatic carbocycles. The third kappa shape index (κ3) is 9.15. The first-order valence-corrected chi connectivity index (χ1v) is 14.4. The number of carbonyl (C=O) groups is 1. The van der Waals surface area contributed by atoms with Crippen molar-refractivity contribution in [2.75, 3.05) is 13.2 Å². The van der Waals surface area contributed by atoms with Crippen molar-refractivity contribution in [3.05, 3.63) is 24.3 Å². The van der Waals surface area contributed by atoms with Crippen LogP contribution >= 0.6 is 0 Å². The van der Waals surface area contributed by atoms with Crippen LogP contribution in [0.3, 0.4) is 0 Å². The molecule has 4 nitrogen and oxygen atoms in total. The summed E-state index contributed by atoms with van der Waals surface area (Å²) in [6.45, 7) is 7.90. The fourth-order valence-corrected chi connectivity index (χ4v) is 5.19. The van der Waals surface area contributed by atoms with Crippen molar-refractivity contribution in [1.82, 2.24) is 0 Å². The van der Waals surface area contributed by atoms with E-state index in [1.54, 1.807) is 0 Å². The molecule has 0 N–H and O–H groups in total. The van der Waals surface area contributed by atoms with E-state index in [1.165, 1.54) is 51.4 Å². The zero-order chi connectivity index (χ0) is 24.5. The molecule has 34 heavy (non-hydrogen) atoms. The van der Waals surface area contributed by atoms with E-state index in [-0.39, 0.29) is 12.1 Å². The average Bonchev–Trinajstić information content (AvgIpc) is 3.30. The first kappa shape index (κ1) is 29.1. The topological polar surface area (TPSA) is 44.8 Å². The van der Waals surface area contributed by atoms with Gasteiger partial charge in [0.25, 0.3) is 0 Å². The molecular weight excluding hydrogens is 424 g/mol. The Morgan fingerprint density at radius 1 is 0.735 bits per heavy atom. The molecule has 4 heteroatoms. The smallest absolute Gasteiger partial charge is 0.316 e. The highest BCUT2D eigenvalue weighted by atomic mass is 16.7. The first-order chi connectivity index (χ1) is 16.6. The Labute approximate surface area is 209 Å². The Hall–Kier alpha value is -1.13. The third-order valence-electron chi connectivity index (χ3n) is 7.45. The number of esters is 1. The van der Waals surface area contributed by atoms with Gasteiger partial charge in [-0.05, 0) is 32.1 Å². The number of ether oxygens (including phenoxy) is 3. The van der Waals surface area contributed by atoms with Crippen LogP contribution in [-0.2, 0) is 19.0 Å². The van der Waals surface area contributed by atoms with E-state index in [2.05, 4.69) is 45.1 Å². The minimum atomic E-state index is -0.585. The monoisotopic (exact) mass is 476 g/mol. The summed E-state index contributed by atoms with van der Waals surface area (Å²) in [7, 11) is 0. The second-order valence-corrected chi connectivity index (χ2v) is 10.4. The molecule has 0 radical (unpaired) electrons. The van der Waals surface area contributed by atoms with Gasteiger partial charge in [0.1, 0.15) is 11.5 Å². The SMILES string of the molecule is CCCC=CCC1(CC=CCCC)C(=O)O[C@H]1CC1(CCCCCCCCCCC)OCCO1. The molecule has 0 spiro atoms. The largest absolute Gasteiger partial charge is 0.460 e. The molecule has 1 atom stereocenters.